The minimum atomic E-state index is 0.0600. The van der Waals surface area contributed by atoms with E-state index in [4.69, 9.17) is 4.74 Å². The Balaban J connectivity index is 1.94. The van der Waals surface area contributed by atoms with E-state index in [0.717, 1.165) is 12.8 Å². The quantitative estimate of drug-likeness (QED) is 0.709. The molecule has 2 nitrogen and oxygen atoms in total. The van der Waals surface area contributed by atoms with Gasteiger partial charge >= 0.3 is 5.97 Å². The second-order valence-electron chi connectivity index (χ2n) is 7.55. The number of rotatable bonds is 3. The normalized spacial score (nSPS) is 38.6. The van der Waals surface area contributed by atoms with Gasteiger partial charge in [0.1, 0.15) is 6.10 Å². The lowest BCUT2D eigenvalue weighted by Gasteiger charge is -2.36. The van der Waals surface area contributed by atoms with Crippen LogP contribution in [0.15, 0.2) is 0 Å². The van der Waals surface area contributed by atoms with Crippen LogP contribution in [0, 0.1) is 29.1 Å². The lowest BCUT2D eigenvalue weighted by Crippen LogP contribution is -2.36. The fourth-order valence-electron chi connectivity index (χ4n) is 3.35. The monoisotopic (exact) mass is 252 g/mol. The molecule has 2 aliphatic carbocycles. The Morgan fingerprint density at radius 2 is 1.89 bits per heavy atom. The van der Waals surface area contributed by atoms with Gasteiger partial charge in [0, 0.05) is 0 Å². The molecule has 0 saturated heterocycles. The number of carbonyl (C=O) groups excluding carboxylic acids is 1. The standard InChI is InChI=1S/C16H28O2/c1-10(2)12-7-6-11(3)8-14(12)18-15(17)13-9-16(13,4)5/h10-14H,6-9H2,1-5H3/t11?,12?,13-,14?/m1/s1. The van der Waals surface area contributed by atoms with Gasteiger partial charge in [-0.1, -0.05) is 41.0 Å². The van der Waals surface area contributed by atoms with Crippen LogP contribution in [-0.2, 0) is 9.53 Å². The molecule has 104 valence electrons. The van der Waals surface area contributed by atoms with E-state index < -0.39 is 0 Å². The van der Waals surface area contributed by atoms with Crippen LogP contribution >= 0.6 is 0 Å². The molecule has 0 amide bonds. The molecule has 18 heavy (non-hydrogen) atoms. The third-order valence-corrected chi connectivity index (χ3v) is 5.03. The molecule has 2 saturated carbocycles. The zero-order chi connectivity index (χ0) is 13.5. The summed E-state index contributed by atoms with van der Waals surface area (Å²) in [6.45, 7) is 11.1. The second-order valence-corrected chi connectivity index (χ2v) is 7.55. The van der Waals surface area contributed by atoms with Crippen LogP contribution < -0.4 is 0 Å². The molecule has 2 fully saturated rings. The second kappa shape index (κ2) is 4.86. The zero-order valence-electron chi connectivity index (χ0n) is 12.5. The van der Waals surface area contributed by atoms with Crippen LogP contribution in [0.3, 0.4) is 0 Å². The Kier molecular flexibility index (Phi) is 3.75. The zero-order valence-corrected chi connectivity index (χ0v) is 12.5. The van der Waals surface area contributed by atoms with E-state index >= 15 is 0 Å². The van der Waals surface area contributed by atoms with Crippen LogP contribution in [0.25, 0.3) is 0 Å². The minimum Gasteiger partial charge on any atom is -0.462 e. The fourth-order valence-corrected chi connectivity index (χ4v) is 3.35. The summed E-state index contributed by atoms with van der Waals surface area (Å²) in [7, 11) is 0. The van der Waals surface area contributed by atoms with Gasteiger partial charge in [0.15, 0.2) is 0 Å². The molecule has 0 heterocycles. The van der Waals surface area contributed by atoms with Gasteiger partial charge in [0.2, 0.25) is 0 Å². The van der Waals surface area contributed by atoms with Crippen molar-refractivity contribution in [3.8, 4) is 0 Å². The van der Waals surface area contributed by atoms with Crippen LogP contribution in [0.4, 0.5) is 0 Å². The Hall–Kier alpha value is -0.530. The predicted octanol–water partition coefficient (Wildman–Crippen LogP) is 4.04. The largest absolute Gasteiger partial charge is 0.462 e. The smallest absolute Gasteiger partial charge is 0.309 e. The Morgan fingerprint density at radius 3 is 2.39 bits per heavy atom. The third-order valence-electron chi connectivity index (χ3n) is 5.03. The Labute approximate surface area is 111 Å². The Morgan fingerprint density at radius 1 is 1.28 bits per heavy atom. The average Bonchev–Trinajstić information content (AvgIpc) is 2.87. The summed E-state index contributed by atoms with van der Waals surface area (Å²) in [5, 5.41) is 0. The van der Waals surface area contributed by atoms with E-state index in [2.05, 4.69) is 34.6 Å². The molecule has 2 aliphatic rings. The van der Waals surface area contributed by atoms with Crippen molar-refractivity contribution in [3.63, 3.8) is 0 Å². The van der Waals surface area contributed by atoms with Crippen molar-refractivity contribution in [1.29, 1.82) is 0 Å². The average molecular weight is 252 g/mol. The summed E-state index contributed by atoms with van der Waals surface area (Å²) in [4.78, 5) is 12.1. The first-order valence-electron chi connectivity index (χ1n) is 7.51. The first-order valence-corrected chi connectivity index (χ1v) is 7.51. The molecular weight excluding hydrogens is 224 g/mol. The van der Waals surface area contributed by atoms with Crippen molar-refractivity contribution in [2.75, 3.05) is 0 Å². The van der Waals surface area contributed by atoms with E-state index in [0.29, 0.717) is 17.8 Å². The highest BCUT2D eigenvalue weighted by Crippen LogP contribution is 2.52. The lowest BCUT2D eigenvalue weighted by molar-refractivity contribution is -0.158. The summed E-state index contributed by atoms with van der Waals surface area (Å²) in [5.41, 5.74) is 0.185. The van der Waals surface area contributed by atoms with Gasteiger partial charge in [-0.2, -0.15) is 0 Å². The maximum absolute atomic E-state index is 12.1. The van der Waals surface area contributed by atoms with E-state index in [-0.39, 0.29) is 23.4 Å². The van der Waals surface area contributed by atoms with Crippen molar-refractivity contribution in [2.45, 2.75) is 66.4 Å². The molecule has 4 atom stereocenters. The molecular formula is C16H28O2. The van der Waals surface area contributed by atoms with Crippen molar-refractivity contribution < 1.29 is 9.53 Å². The molecule has 0 bridgehead atoms. The third kappa shape index (κ3) is 2.89. The van der Waals surface area contributed by atoms with Gasteiger partial charge < -0.3 is 4.74 Å². The number of esters is 1. The maximum Gasteiger partial charge on any atom is 0.309 e. The molecule has 0 aliphatic heterocycles. The summed E-state index contributed by atoms with van der Waals surface area (Å²) in [5.74, 6) is 2.09. The minimum absolute atomic E-state index is 0.0600. The summed E-state index contributed by atoms with van der Waals surface area (Å²) in [6, 6.07) is 0. The highest BCUT2D eigenvalue weighted by molar-refractivity contribution is 5.76. The van der Waals surface area contributed by atoms with Gasteiger partial charge in [-0.05, 0) is 42.4 Å². The van der Waals surface area contributed by atoms with E-state index in [1.165, 1.54) is 12.8 Å². The molecule has 2 heteroatoms. The van der Waals surface area contributed by atoms with Gasteiger partial charge in [-0.25, -0.2) is 0 Å². The lowest BCUT2D eigenvalue weighted by atomic mass is 9.75. The number of ether oxygens (including phenoxy) is 1. The number of hydrogen-bond acceptors (Lipinski definition) is 2. The van der Waals surface area contributed by atoms with Crippen LogP contribution in [0.2, 0.25) is 0 Å². The SMILES string of the molecule is CC1CCC(C(C)C)C(OC(=O)[C@H]2CC2(C)C)C1. The number of carbonyl (C=O) groups is 1. The van der Waals surface area contributed by atoms with Gasteiger partial charge in [0.05, 0.1) is 5.92 Å². The van der Waals surface area contributed by atoms with Crippen molar-refractivity contribution in [3.05, 3.63) is 0 Å². The molecule has 0 aromatic carbocycles. The molecule has 0 aromatic rings. The topological polar surface area (TPSA) is 26.3 Å². The molecule has 0 aromatic heterocycles. The first-order chi connectivity index (χ1) is 8.31. The summed E-state index contributed by atoms with van der Waals surface area (Å²) in [6.07, 6.45) is 4.72. The van der Waals surface area contributed by atoms with Crippen LogP contribution in [0.1, 0.15) is 60.3 Å². The number of hydrogen-bond donors (Lipinski definition) is 0. The van der Waals surface area contributed by atoms with E-state index in [1.54, 1.807) is 0 Å². The van der Waals surface area contributed by atoms with Gasteiger partial charge in [-0.3, -0.25) is 4.79 Å². The van der Waals surface area contributed by atoms with Crippen molar-refractivity contribution >= 4 is 5.97 Å². The van der Waals surface area contributed by atoms with Crippen LogP contribution in [-0.4, -0.2) is 12.1 Å². The van der Waals surface area contributed by atoms with E-state index in [1.807, 2.05) is 0 Å². The van der Waals surface area contributed by atoms with E-state index in [9.17, 15) is 4.79 Å². The van der Waals surface area contributed by atoms with Gasteiger partial charge in [-0.15, -0.1) is 0 Å². The van der Waals surface area contributed by atoms with Crippen molar-refractivity contribution in [1.82, 2.24) is 0 Å². The van der Waals surface area contributed by atoms with Crippen molar-refractivity contribution in [2.24, 2.45) is 29.1 Å². The maximum atomic E-state index is 12.1. The van der Waals surface area contributed by atoms with Gasteiger partial charge in [0.25, 0.3) is 0 Å². The molecule has 3 unspecified atom stereocenters. The van der Waals surface area contributed by atoms with Crippen LogP contribution in [0.5, 0.6) is 0 Å². The highest BCUT2D eigenvalue weighted by Gasteiger charge is 2.52. The highest BCUT2D eigenvalue weighted by atomic mass is 16.5. The Bertz CT molecular complexity index is 319. The first kappa shape index (κ1) is 13.9. The summed E-state index contributed by atoms with van der Waals surface area (Å²) < 4.78 is 5.86. The molecule has 0 radical (unpaired) electrons. The molecule has 0 spiro atoms. The molecule has 0 N–H and O–H groups in total. The fraction of sp³-hybridized carbons (Fsp3) is 0.938. The predicted molar refractivity (Wildman–Crippen MR) is 73.1 cm³/mol. The summed E-state index contributed by atoms with van der Waals surface area (Å²) >= 11 is 0. The molecule has 2 rings (SSSR count).